The summed E-state index contributed by atoms with van der Waals surface area (Å²) in [6, 6.07) is 10.5. The van der Waals surface area contributed by atoms with E-state index in [1.807, 2.05) is 41.2 Å². The third-order valence-corrected chi connectivity index (χ3v) is 4.78. The molecule has 2 heterocycles. The van der Waals surface area contributed by atoms with Crippen LogP contribution < -0.4 is 0 Å². The highest BCUT2D eigenvalue weighted by atomic mass is 16.5. The van der Waals surface area contributed by atoms with Crippen LogP contribution in [0.15, 0.2) is 42.7 Å². The average Bonchev–Trinajstić information content (AvgIpc) is 3.02. The summed E-state index contributed by atoms with van der Waals surface area (Å²) < 4.78 is 7.71. The predicted molar refractivity (Wildman–Crippen MR) is 98.3 cm³/mol. The summed E-state index contributed by atoms with van der Waals surface area (Å²) in [5, 5.41) is 14.8. The van der Waals surface area contributed by atoms with Crippen molar-refractivity contribution in [1.82, 2.24) is 14.7 Å². The number of hydrogen-bond acceptors (Lipinski definition) is 4. The van der Waals surface area contributed by atoms with E-state index in [0.717, 1.165) is 25.1 Å². The number of β-amino-alcohol motifs (C(OH)–C–C–N with tert-alkyl or cyclic N) is 1. The molecule has 0 amide bonds. The second-order valence-electron chi connectivity index (χ2n) is 7.04. The van der Waals surface area contributed by atoms with Gasteiger partial charge in [0.05, 0.1) is 32.1 Å². The van der Waals surface area contributed by atoms with Crippen molar-refractivity contribution in [2.75, 3.05) is 19.7 Å². The van der Waals surface area contributed by atoms with E-state index >= 15 is 0 Å². The highest BCUT2D eigenvalue weighted by molar-refractivity contribution is 5.13. The normalized spacial score (nSPS) is 19.8. The molecule has 1 aromatic heterocycles. The van der Waals surface area contributed by atoms with E-state index < -0.39 is 6.10 Å². The van der Waals surface area contributed by atoms with Gasteiger partial charge in [0.25, 0.3) is 0 Å². The standard InChI is InChI=1S/C20H29N3O2/c1-17-11-21-23(12-17)13-19-9-5-6-10-22(19)14-20(24)16-25-15-18-7-3-2-4-8-18/h2-4,7-8,11-12,19-20,24H,5-6,9-10,13-16H2,1H3/t19-,20+/m0/s1. The highest BCUT2D eigenvalue weighted by Gasteiger charge is 2.25. The van der Waals surface area contributed by atoms with Crippen molar-refractivity contribution < 1.29 is 9.84 Å². The number of rotatable bonds is 8. The first-order chi connectivity index (χ1) is 12.2. The Morgan fingerprint density at radius 3 is 2.88 bits per heavy atom. The molecule has 3 rings (SSSR count). The van der Waals surface area contributed by atoms with Crippen molar-refractivity contribution in [2.45, 2.75) is 51.5 Å². The average molecular weight is 343 g/mol. The van der Waals surface area contributed by atoms with Crippen molar-refractivity contribution in [3.8, 4) is 0 Å². The van der Waals surface area contributed by atoms with Gasteiger partial charge in [-0.2, -0.15) is 5.10 Å². The molecule has 0 spiro atoms. The first-order valence-electron chi connectivity index (χ1n) is 9.23. The Morgan fingerprint density at radius 1 is 1.28 bits per heavy atom. The molecule has 136 valence electrons. The Kier molecular flexibility index (Phi) is 6.62. The molecule has 2 atom stereocenters. The third kappa shape index (κ3) is 5.66. The van der Waals surface area contributed by atoms with E-state index in [2.05, 4.69) is 23.1 Å². The second-order valence-corrected chi connectivity index (χ2v) is 7.04. The zero-order valence-corrected chi connectivity index (χ0v) is 15.1. The monoisotopic (exact) mass is 343 g/mol. The fourth-order valence-corrected chi connectivity index (χ4v) is 3.50. The molecule has 1 aliphatic heterocycles. The summed E-state index contributed by atoms with van der Waals surface area (Å²) in [6.45, 7) is 5.59. The topological polar surface area (TPSA) is 50.5 Å². The lowest BCUT2D eigenvalue weighted by Gasteiger charge is -2.36. The fourth-order valence-electron chi connectivity index (χ4n) is 3.50. The maximum absolute atomic E-state index is 10.4. The molecule has 5 heteroatoms. The minimum absolute atomic E-state index is 0.374. The number of likely N-dealkylation sites (tertiary alicyclic amines) is 1. The van der Waals surface area contributed by atoms with Gasteiger partial charge >= 0.3 is 0 Å². The smallest absolute Gasteiger partial charge is 0.0900 e. The largest absolute Gasteiger partial charge is 0.389 e. The molecule has 2 aromatic rings. The molecule has 0 radical (unpaired) electrons. The minimum Gasteiger partial charge on any atom is -0.389 e. The lowest BCUT2D eigenvalue weighted by atomic mass is 10.0. The van der Waals surface area contributed by atoms with Crippen molar-refractivity contribution in [3.63, 3.8) is 0 Å². The lowest BCUT2D eigenvalue weighted by Crippen LogP contribution is -2.46. The van der Waals surface area contributed by atoms with E-state index in [1.165, 1.54) is 18.4 Å². The van der Waals surface area contributed by atoms with Crippen LogP contribution in [0.2, 0.25) is 0 Å². The molecular weight excluding hydrogens is 314 g/mol. The summed E-state index contributed by atoms with van der Waals surface area (Å²) in [6.07, 6.45) is 7.15. The van der Waals surface area contributed by atoms with Gasteiger partial charge in [-0.15, -0.1) is 0 Å². The Labute approximate surface area is 150 Å². The van der Waals surface area contributed by atoms with Crippen LogP contribution in [0.4, 0.5) is 0 Å². The summed E-state index contributed by atoms with van der Waals surface area (Å²) in [5.74, 6) is 0. The van der Waals surface area contributed by atoms with Crippen molar-refractivity contribution >= 4 is 0 Å². The molecule has 1 fully saturated rings. The summed E-state index contributed by atoms with van der Waals surface area (Å²) in [4.78, 5) is 2.40. The van der Waals surface area contributed by atoms with Crippen LogP contribution in [0, 0.1) is 6.92 Å². The number of aryl methyl sites for hydroxylation is 1. The molecule has 25 heavy (non-hydrogen) atoms. The van der Waals surface area contributed by atoms with Crippen LogP contribution in [-0.4, -0.2) is 51.6 Å². The van der Waals surface area contributed by atoms with Crippen molar-refractivity contribution in [3.05, 3.63) is 53.9 Å². The molecule has 5 nitrogen and oxygen atoms in total. The van der Waals surface area contributed by atoms with E-state index in [1.54, 1.807) is 0 Å². The summed E-state index contributed by atoms with van der Waals surface area (Å²) in [5.41, 5.74) is 2.33. The zero-order chi connectivity index (χ0) is 17.5. The fraction of sp³-hybridized carbons (Fsp3) is 0.550. The van der Waals surface area contributed by atoms with Gasteiger partial charge in [-0.25, -0.2) is 0 Å². The van der Waals surface area contributed by atoms with Crippen LogP contribution in [-0.2, 0) is 17.9 Å². The molecule has 0 bridgehead atoms. The quantitative estimate of drug-likeness (QED) is 0.800. The van der Waals surface area contributed by atoms with Crippen LogP contribution >= 0.6 is 0 Å². The predicted octanol–water partition coefficient (Wildman–Crippen LogP) is 2.62. The molecule has 1 aliphatic rings. The first kappa shape index (κ1) is 18.1. The van der Waals surface area contributed by atoms with Crippen LogP contribution in [0.25, 0.3) is 0 Å². The summed E-state index contributed by atoms with van der Waals surface area (Å²) in [7, 11) is 0. The third-order valence-electron chi connectivity index (χ3n) is 4.78. The number of piperidine rings is 1. The number of hydrogen-bond donors (Lipinski definition) is 1. The summed E-state index contributed by atoms with van der Waals surface area (Å²) >= 11 is 0. The van der Waals surface area contributed by atoms with Gasteiger partial charge in [-0.05, 0) is 37.4 Å². The number of aliphatic hydroxyl groups excluding tert-OH is 1. The molecule has 0 saturated carbocycles. The molecule has 1 saturated heterocycles. The van der Waals surface area contributed by atoms with Gasteiger partial charge in [0.2, 0.25) is 0 Å². The number of nitrogens with zero attached hydrogens (tertiary/aromatic N) is 3. The Hall–Kier alpha value is -1.69. The Balaban J connectivity index is 1.45. The number of benzene rings is 1. The maximum atomic E-state index is 10.4. The zero-order valence-electron chi connectivity index (χ0n) is 15.1. The molecule has 1 aromatic carbocycles. The van der Waals surface area contributed by atoms with Gasteiger partial charge < -0.3 is 9.84 Å². The van der Waals surface area contributed by atoms with Gasteiger partial charge in [0, 0.05) is 18.8 Å². The number of ether oxygens (including phenoxy) is 1. The van der Waals surface area contributed by atoms with Gasteiger partial charge in [0.15, 0.2) is 0 Å². The lowest BCUT2D eigenvalue weighted by molar-refractivity contribution is -0.00570. The maximum Gasteiger partial charge on any atom is 0.0900 e. The van der Waals surface area contributed by atoms with Gasteiger partial charge in [-0.1, -0.05) is 36.8 Å². The van der Waals surface area contributed by atoms with Gasteiger partial charge in [0.1, 0.15) is 0 Å². The van der Waals surface area contributed by atoms with Crippen molar-refractivity contribution in [1.29, 1.82) is 0 Å². The molecule has 0 aliphatic carbocycles. The molecule has 0 unspecified atom stereocenters. The van der Waals surface area contributed by atoms with E-state index in [-0.39, 0.29) is 0 Å². The van der Waals surface area contributed by atoms with Crippen LogP contribution in [0.1, 0.15) is 30.4 Å². The van der Waals surface area contributed by atoms with Crippen LogP contribution in [0.5, 0.6) is 0 Å². The molecule has 1 N–H and O–H groups in total. The number of aliphatic hydroxyl groups is 1. The Morgan fingerprint density at radius 2 is 2.12 bits per heavy atom. The van der Waals surface area contributed by atoms with E-state index in [9.17, 15) is 5.11 Å². The van der Waals surface area contributed by atoms with E-state index in [4.69, 9.17) is 4.74 Å². The first-order valence-corrected chi connectivity index (χ1v) is 9.23. The van der Waals surface area contributed by atoms with E-state index in [0.29, 0.717) is 25.8 Å². The van der Waals surface area contributed by atoms with Crippen LogP contribution in [0.3, 0.4) is 0 Å². The minimum atomic E-state index is -0.455. The Bertz CT molecular complexity index is 629. The number of aromatic nitrogens is 2. The second kappa shape index (κ2) is 9.13. The highest BCUT2D eigenvalue weighted by Crippen LogP contribution is 2.19. The SMILES string of the molecule is Cc1cnn(C[C@@H]2CCCCN2C[C@@H](O)COCc2ccccc2)c1. The molecular formula is C20H29N3O2. The van der Waals surface area contributed by atoms with Crippen molar-refractivity contribution in [2.24, 2.45) is 0 Å². The van der Waals surface area contributed by atoms with Gasteiger partial charge in [-0.3, -0.25) is 9.58 Å².